The normalized spacial score (nSPS) is 13.3. The quantitative estimate of drug-likeness (QED) is 0.456. The monoisotopic (exact) mass is 409 g/mol. The van der Waals surface area contributed by atoms with Crippen molar-refractivity contribution < 1.29 is 9.36 Å². The van der Waals surface area contributed by atoms with E-state index in [-0.39, 0.29) is 11.8 Å². The maximum atomic E-state index is 12.3. The predicted molar refractivity (Wildman–Crippen MR) is 119 cm³/mol. The summed E-state index contributed by atoms with van der Waals surface area (Å²) in [4.78, 5) is 12.3. The molecule has 2 heterocycles. The fourth-order valence-corrected chi connectivity index (χ4v) is 4.01. The molecule has 0 spiro atoms. The molecule has 5 rings (SSSR count). The number of nitrogens with zero attached hydrogens (tertiary/aromatic N) is 2. The SMILES string of the molecule is O=C(C[n+]1cccc(-c2cn[nH]c2C(c2ccccc2)c2ccccc2)c1)NC1CC1. The van der Waals surface area contributed by atoms with Crippen LogP contribution in [0, 0.1) is 0 Å². The number of rotatable bonds is 7. The molecule has 2 N–H and O–H groups in total. The molecule has 0 aliphatic heterocycles. The molecule has 154 valence electrons. The molecule has 2 aromatic heterocycles. The highest BCUT2D eigenvalue weighted by Gasteiger charge is 2.26. The van der Waals surface area contributed by atoms with E-state index >= 15 is 0 Å². The van der Waals surface area contributed by atoms with Crippen molar-refractivity contribution in [3.8, 4) is 11.1 Å². The van der Waals surface area contributed by atoms with Crippen LogP contribution in [-0.4, -0.2) is 22.1 Å². The van der Waals surface area contributed by atoms with Gasteiger partial charge in [-0.1, -0.05) is 60.7 Å². The third-order valence-electron chi connectivity index (χ3n) is 5.66. The summed E-state index contributed by atoms with van der Waals surface area (Å²) in [5, 5.41) is 10.7. The number of H-pyrrole nitrogens is 1. The van der Waals surface area contributed by atoms with Gasteiger partial charge < -0.3 is 5.32 Å². The molecular weight excluding hydrogens is 384 g/mol. The van der Waals surface area contributed by atoms with E-state index in [1.54, 1.807) is 0 Å². The van der Waals surface area contributed by atoms with Crippen LogP contribution < -0.4 is 9.88 Å². The van der Waals surface area contributed by atoms with Crippen molar-refractivity contribution >= 4 is 5.91 Å². The van der Waals surface area contributed by atoms with Crippen LogP contribution in [0.1, 0.15) is 35.6 Å². The van der Waals surface area contributed by atoms with Crippen LogP contribution in [-0.2, 0) is 11.3 Å². The fourth-order valence-electron chi connectivity index (χ4n) is 4.01. The van der Waals surface area contributed by atoms with Crippen LogP contribution in [0.15, 0.2) is 91.4 Å². The van der Waals surface area contributed by atoms with Gasteiger partial charge in [0.25, 0.3) is 5.91 Å². The topological polar surface area (TPSA) is 61.7 Å². The molecule has 0 radical (unpaired) electrons. The highest BCUT2D eigenvalue weighted by atomic mass is 16.2. The van der Waals surface area contributed by atoms with Gasteiger partial charge in [0, 0.05) is 23.2 Å². The molecule has 31 heavy (non-hydrogen) atoms. The second-order valence-corrected chi connectivity index (χ2v) is 8.06. The summed E-state index contributed by atoms with van der Waals surface area (Å²) in [6.07, 6.45) is 8.01. The van der Waals surface area contributed by atoms with Gasteiger partial charge in [-0.3, -0.25) is 9.89 Å². The minimum absolute atomic E-state index is 0.0340. The Kier molecular flexibility index (Phi) is 5.31. The van der Waals surface area contributed by atoms with Crippen molar-refractivity contribution in [2.45, 2.75) is 31.3 Å². The van der Waals surface area contributed by atoms with Crippen molar-refractivity contribution in [3.05, 3.63) is 108 Å². The molecule has 0 unspecified atom stereocenters. The minimum atomic E-state index is 0.0340. The Hall–Kier alpha value is -3.73. The maximum absolute atomic E-state index is 12.3. The van der Waals surface area contributed by atoms with E-state index in [1.165, 1.54) is 11.1 Å². The first-order chi connectivity index (χ1) is 15.3. The summed E-state index contributed by atoms with van der Waals surface area (Å²) in [5.74, 6) is 0.0928. The summed E-state index contributed by atoms with van der Waals surface area (Å²) in [7, 11) is 0. The number of benzene rings is 2. The molecule has 4 aromatic rings. The Labute approximate surface area is 181 Å². The molecule has 0 atom stereocenters. The molecule has 1 fully saturated rings. The summed E-state index contributed by atoms with van der Waals surface area (Å²) >= 11 is 0. The predicted octanol–water partition coefficient (Wildman–Crippen LogP) is 3.82. The number of aromatic nitrogens is 3. The lowest BCUT2D eigenvalue weighted by atomic mass is 9.86. The molecule has 5 nitrogen and oxygen atoms in total. The van der Waals surface area contributed by atoms with Crippen molar-refractivity contribution in [3.63, 3.8) is 0 Å². The van der Waals surface area contributed by atoms with Crippen molar-refractivity contribution in [2.75, 3.05) is 0 Å². The third-order valence-corrected chi connectivity index (χ3v) is 5.66. The van der Waals surface area contributed by atoms with Crippen molar-refractivity contribution in [2.24, 2.45) is 0 Å². The molecule has 1 saturated carbocycles. The smallest absolute Gasteiger partial charge is 0.286 e. The lowest BCUT2D eigenvalue weighted by Gasteiger charge is -2.18. The molecular formula is C26H25N4O+. The zero-order valence-electron chi connectivity index (χ0n) is 17.2. The minimum Gasteiger partial charge on any atom is -0.348 e. The van der Waals surface area contributed by atoms with Gasteiger partial charge in [0.1, 0.15) is 0 Å². The molecule has 5 heteroatoms. The van der Waals surface area contributed by atoms with Gasteiger partial charge in [-0.05, 0) is 30.0 Å². The van der Waals surface area contributed by atoms with Gasteiger partial charge in [0.2, 0.25) is 6.54 Å². The van der Waals surface area contributed by atoms with Crippen LogP contribution >= 0.6 is 0 Å². The Bertz CT molecular complexity index is 1130. The second-order valence-electron chi connectivity index (χ2n) is 8.06. The summed E-state index contributed by atoms with van der Waals surface area (Å²) in [6, 6.07) is 25.3. The fraction of sp³-hybridized carbons (Fsp3) is 0.192. The van der Waals surface area contributed by atoms with E-state index in [4.69, 9.17) is 0 Å². The number of pyridine rings is 1. The van der Waals surface area contributed by atoms with E-state index in [1.807, 2.05) is 41.4 Å². The largest absolute Gasteiger partial charge is 0.348 e. The number of nitrogens with one attached hydrogen (secondary N) is 2. The van der Waals surface area contributed by atoms with Gasteiger partial charge in [0.15, 0.2) is 12.4 Å². The first-order valence-electron chi connectivity index (χ1n) is 10.7. The highest BCUT2D eigenvalue weighted by molar-refractivity contribution is 5.75. The third kappa shape index (κ3) is 4.40. The zero-order chi connectivity index (χ0) is 21.0. The molecule has 0 saturated heterocycles. The van der Waals surface area contributed by atoms with E-state index in [0.717, 1.165) is 29.7 Å². The summed E-state index contributed by atoms with van der Waals surface area (Å²) in [6.45, 7) is 0.318. The number of hydrogen-bond acceptors (Lipinski definition) is 2. The van der Waals surface area contributed by atoms with Gasteiger partial charge in [-0.25, -0.2) is 0 Å². The summed E-state index contributed by atoms with van der Waals surface area (Å²) in [5.41, 5.74) is 5.51. The maximum Gasteiger partial charge on any atom is 0.286 e. The second kappa shape index (κ2) is 8.56. The summed E-state index contributed by atoms with van der Waals surface area (Å²) < 4.78 is 1.93. The Balaban J connectivity index is 1.50. The zero-order valence-corrected chi connectivity index (χ0v) is 17.2. The van der Waals surface area contributed by atoms with Crippen LogP contribution in [0.5, 0.6) is 0 Å². The lowest BCUT2D eigenvalue weighted by Crippen LogP contribution is -2.43. The molecule has 2 aromatic carbocycles. The van der Waals surface area contributed by atoms with Crippen molar-refractivity contribution in [1.29, 1.82) is 0 Å². The van der Waals surface area contributed by atoms with Crippen LogP contribution in [0.3, 0.4) is 0 Å². The first-order valence-corrected chi connectivity index (χ1v) is 10.7. The van der Waals surface area contributed by atoms with E-state index in [0.29, 0.717) is 12.6 Å². The van der Waals surface area contributed by atoms with Crippen LogP contribution in [0.4, 0.5) is 0 Å². The molecule has 0 bridgehead atoms. The van der Waals surface area contributed by atoms with Gasteiger partial charge >= 0.3 is 0 Å². The highest BCUT2D eigenvalue weighted by Crippen LogP contribution is 2.36. The number of hydrogen-bond donors (Lipinski definition) is 2. The number of aromatic amines is 1. The van der Waals surface area contributed by atoms with Crippen molar-refractivity contribution in [1.82, 2.24) is 15.5 Å². The average molecular weight is 410 g/mol. The van der Waals surface area contributed by atoms with E-state index in [9.17, 15) is 4.79 Å². The molecule has 1 aliphatic rings. The number of carbonyl (C=O) groups is 1. The van der Waals surface area contributed by atoms with Gasteiger partial charge in [-0.2, -0.15) is 9.67 Å². The number of carbonyl (C=O) groups excluding carboxylic acids is 1. The lowest BCUT2D eigenvalue weighted by molar-refractivity contribution is -0.684. The van der Waals surface area contributed by atoms with Crippen LogP contribution in [0.25, 0.3) is 11.1 Å². The van der Waals surface area contributed by atoms with Crippen LogP contribution in [0.2, 0.25) is 0 Å². The Morgan fingerprint density at radius 2 is 1.68 bits per heavy atom. The number of amides is 1. The standard InChI is InChI=1S/C26H24N4O/c31-24(28-22-13-14-22)18-30-15-7-12-21(17-30)23-16-27-29-26(23)25(19-8-3-1-4-9-19)20-10-5-2-6-11-20/h1-12,15-17,22,25H,13-14,18H2,(H-,27,28,29,31)/p+1. The van der Waals surface area contributed by atoms with Gasteiger partial charge in [-0.15, -0.1) is 0 Å². The first kappa shape index (κ1) is 19.2. The Morgan fingerprint density at radius 3 is 2.32 bits per heavy atom. The average Bonchev–Trinajstić information content (AvgIpc) is 3.48. The Morgan fingerprint density at radius 1 is 1.00 bits per heavy atom. The van der Waals surface area contributed by atoms with E-state index < -0.39 is 0 Å². The molecule has 1 aliphatic carbocycles. The van der Waals surface area contributed by atoms with Gasteiger partial charge in [0.05, 0.1) is 17.8 Å². The molecule has 1 amide bonds. The van der Waals surface area contributed by atoms with E-state index in [2.05, 4.69) is 70.1 Å².